The number of hydrogen-bond donors (Lipinski definition) is 3. The molecule has 0 saturated heterocycles. The molecule has 0 saturated carbocycles. The SMILES string of the molecule is Nc1cc(N2CCc3cc(F)ccc3C2)ccc1NC(=O)O. The molecule has 1 aliphatic heterocycles. The predicted octanol–water partition coefficient (Wildman–Crippen LogP) is 3.06. The highest BCUT2D eigenvalue weighted by Crippen LogP contribution is 2.29. The lowest BCUT2D eigenvalue weighted by Crippen LogP contribution is -2.30. The molecule has 1 aliphatic rings. The summed E-state index contributed by atoms with van der Waals surface area (Å²) in [5, 5.41) is 11.0. The van der Waals surface area contributed by atoms with Crippen molar-refractivity contribution in [2.75, 3.05) is 22.5 Å². The van der Waals surface area contributed by atoms with Gasteiger partial charge >= 0.3 is 6.09 Å². The number of benzene rings is 2. The number of carbonyl (C=O) groups is 1. The first-order chi connectivity index (χ1) is 10.5. The number of anilines is 3. The average Bonchev–Trinajstić information content (AvgIpc) is 2.48. The zero-order valence-corrected chi connectivity index (χ0v) is 11.8. The van der Waals surface area contributed by atoms with E-state index in [0.717, 1.165) is 29.8 Å². The molecule has 0 fully saturated rings. The van der Waals surface area contributed by atoms with E-state index >= 15 is 0 Å². The first kappa shape index (κ1) is 14.2. The Morgan fingerprint density at radius 3 is 2.77 bits per heavy atom. The van der Waals surface area contributed by atoms with Gasteiger partial charge < -0.3 is 15.7 Å². The molecule has 0 bridgehead atoms. The molecule has 3 rings (SSSR count). The van der Waals surface area contributed by atoms with Crippen molar-refractivity contribution in [2.45, 2.75) is 13.0 Å². The molecule has 6 heteroatoms. The largest absolute Gasteiger partial charge is 0.465 e. The summed E-state index contributed by atoms with van der Waals surface area (Å²) in [6.07, 6.45) is -0.379. The second kappa shape index (κ2) is 5.55. The maximum Gasteiger partial charge on any atom is 0.409 e. The van der Waals surface area contributed by atoms with Crippen molar-refractivity contribution in [1.82, 2.24) is 0 Å². The number of carboxylic acid groups (broad SMARTS) is 1. The Morgan fingerprint density at radius 1 is 1.23 bits per heavy atom. The fraction of sp³-hybridized carbons (Fsp3) is 0.188. The van der Waals surface area contributed by atoms with E-state index in [4.69, 9.17) is 10.8 Å². The van der Waals surface area contributed by atoms with Crippen molar-refractivity contribution < 1.29 is 14.3 Å². The van der Waals surface area contributed by atoms with Gasteiger partial charge in [0, 0.05) is 18.8 Å². The maximum atomic E-state index is 13.2. The number of nitrogens with one attached hydrogen (secondary N) is 1. The Balaban J connectivity index is 1.82. The second-order valence-electron chi connectivity index (χ2n) is 5.29. The number of rotatable bonds is 2. The summed E-state index contributed by atoms with van der Waals surface area (Å²) in [6, 6.07) is 10.1. The van der Waals surface area contributed by atoms with Gasteiger partial charge in [0.15, 0.2) is 0 Å². The number of nitrogen functional groups attached to an aromatic ring is 1. The van der Waals surface area contributed by atoms with Gasteiger partial charge in [-0.1, -0.05) is 6.07 Å². The third-order valence-electron chi connectivity index (χ3n) is 3.82. The van der Waals surface area contributed by atoms with Crippen LogP contribution in [0.4, 0.5) is 26.2 Å². The zero-order valence-electron chi connectivity index (χ0n) is 11.8. The molecule has 0 unspecified atom stereocenters. The van der Waals surface area contributed by atoms with Crippen LogP contribution in [0.2, 0.25) is 0 Å². The molecular weight excluding hydrogens is 285 g/mol. The van der Waals surface area contributed by atoms with Gasteiger partial charge in [0.05, 0.1) is 11.4 Å². The first-order valence-corrected chi connectivity index (χ1v) is 6.94. The summed E-state index contributed by atoms with van der Waals surface area (Å²) >= 11 is 0. The summed E-state index contributed by atoms with van der Waals surface area (Å²) in [4.78, 5) is 12.8. The van der Waals surface area contributed by atoms with Gasteiger partial charge in [0.25, 0.3) is 0 Å². The molecular formula is C16H16FN3O2. The molecule has 2 aromatic carbocycles. The van der Waals surface area contributed by atoms with Crippen LogP contribution in [0.15, 0.2) is 36.4 Å². The van der Waals surface area contributed by atoms with Crippen molar-refractivity contribution >= 4 is 23.2 Å². The topological polar surface area (TPSA) is 78.6 Å². The van der Waals surface area contributed by atoms with Crippen LogP contribution in [0.1, 0.15) is 11.1 Å². The van der Waals surface area contributed by atoms with Gasteiger partial charge in [-0.2, -0.15) is 0 Å². The quantitative estimate of drug-likeness (QED) is 0.745. The number of fused-ring (bicyclic) bond motifs is 1. The molecule has 2 aromatic rings. The summed E-state index contributed by atoms with van der Waals surface area (Å²) < 4.78 is 13.2. The van der Waals surface area contributed by atoms with E-state index < -0.39 is 6.09 Å². The van der Waals surface area contributed by atoms with E-state index in [1.165, 1.54) is 6.07 Å². The van der Waals surface area contributed by atoms with E-state index in [-0.39, 0.29) is 5.82 Å². The molecule has 114 valence electrons. The Kier molecular flexibility index (Phi) is 3.58. The lowest BCUT2D eigenvalue weighted by molar-refractivity contribution is 0.210. The Bertz CT molecular complexity index is 733. The van der Waals surface area contributed by atoms with Gasteiger partial charge in [0.1, 0.15) is 5.82 Å². The molecule has 0 spiro atoms. The lowest BCUT2D eigenvalue weighted by atomic mass is 9.99. The van der Waals surface area contributed by atoms with Crippen LogP contribution < -0.4 is 16.0 Å². The Labute approximate surface area is 127 Å². The number of nitrogens with zero attached hydrogens (tertiary/aromatic N) is 1. The fourth-order valence-corrected chi connectivity index (χ4v) is 2.72. The minimum Gasteiger partial charge on any atom is -0.465 e. The second-order valence-corrected chi connectivity index (χ2v) is 5.29. The van der Waals surface area contributed by atoms with Crippen molar-refractivity contribution in [1.29, 1.82) is 0 Å². The molecule has 5 nitrogen and oxygen atoms in total. The Morgan fingerprint density at radius 2 is 2.05 bits per heavy atom. The minimum absolute atomic E-state index is 0.208. The number of nitrogens with two attached hydrogens (primary N) is 1. The van der Waals surface area contributed by atoms with E-state index in [2.05, 4.69) is 10.2 Å². The number of halogens is 1. The average molecular weight is 301 g/mol. The molecule has 0 radical (unpaired) electrons. The highest BCUT2D eigenvalue weighted by atomic mass is 19.1. The minimum atomic E-state index is -1.15. The van der Waals surface area contributed by atoms with Gasteiger partial charge in [-0.25, -0.2) is 9.18 Å². The van der Waals surface area contributed by atoms with Crippen LogP contribution in [-0.2, 0) is 13.0 Å². The predicted molar refractivity (Wildman–Crippen MR) is 83.7 cm³/mol. The van der Waals surface area contributed by atoms with Gasteiger partial charge in [0.2, 0.25) is 0 Å². The third-order valence-corrected chi connectivity index (χ3v) is 3.82. The van der Waals surface area contributed by atoms with Crippen LogP contribution in [0.25, 0.3) is 0 Å². The number of amides is 1. The molecule has 0 atom stereocenters. The summed E-state index contributed by atoms with van der Waals surface area (Å²) in [7, 11) is 0. The van der Waals surface area contributed by atoms with E-state index in [1.807, 2.05) is 6.07 Å². The van der Waals surface area contributed by atoms with Gasteiger partial charge in [-0.05, 0) is 47.9 Å². The standard InChI is InChI=1S/C16H16FN3O2/c17-12-2-1-11-9-20(6-5-10(11)7-12)13-3-4-15(14(18)8-13)19-16(21)22/h1-4,7-8,19H,5-6,9,18H2,(H,21,22). The van der Waals surface area contributed by atoms with Crippen molar-refractivity contribution in [3.8, 4) is 0 Å². The van der Waals surface area contributed by atoms with Crippen LogP contribution in [0.3, 0.4) is 0 Å². The Hall–Kier alpha value is -2.76. The van der Waals surface area contributed by atoms with Crippen molar-refractivity contribution in [3.05, 3.63) is 53.3 Å². The van der Waals surface area contributed by atoms with Crippen molar-refractivity contribution in [3.63, 3.8) is 0 Å². The number of hydrogen-bond acceptors (Lipinski definition) is 3. The van der Waals surface area contributed by atoms with Crippen LogP contribution in [0, 0.1) is 5.82 Å². The highest BCUT2D eigenvalue weighted by Gasteiger charge is 2.17. The zero-order chi connectivity index (χ0) is 15.7. The van der Waals surface area contributed by atoms with Crippen LogP contribution >= 0.6 is 0 Å². The lowest BCUT2D eigenvalue weighted by Gasteiger charge is -2.31. The van der Waals surface area contributed by atoms with Crippen LogP contribution in [-0.4, -0.2) is 17.7 Å². The molecule has 0 aromatic heterocycles. The molecule has 22 heavy (non-hydrogen) atoms. The van der Waals surface area contributed by atoms with E-state index in [0.29, 0.717) is 17.9 Å². The molecule has 1 amide bonds. The molecule has 1 heterocycles. The summed E-state index contributed by atoms with van der Waals surface area (Å²) in [5.74, 6) is -0.208. The first-order valence-electron chi connectivity index (χ1n) is 6.94. The molecule has 0 aliphatic carbocycles. The monoisotopic (exact) mass is 301 g/mol. The summed E-state index contributed by atoms with van der Waals surface area (Å²) in [6.45, 7) is 1.45. The molecule has 4 N–H and O–H groups in total. The normalized spacial score (nSPS) is 13.6. The van der Waals surface area contributed by atoms with E-state index in [9.17, 15) is 9.18 Å². The van der Waals surface area contributed by atoms with Gasteiger partial charge in [-0.3, -0.25) is 5.32 Å². The van der Waals surface area contributed by atoms with E-state index in [1.54, 1.807) is 24.3 Å². The third kappa shape index (κ3) is 2.81. The maximum absolute atomic E-state index is 13.2. The van der Waals surface area contributed by atoms with Crippen LogP contribution in [0.5, 0.6) is 0 Å². The highest BCUT2D eigenvalue weighted by molar-refractivity contribution is 5.88. The summed E-state index contributed by atoms with van der Waals surface area (Å²) in [5.41, 5.74) is 9.69. The fourth-order valence-electron chi connectivity index (χ4n) is 2.72. The smallest absolute Gasteiger partial charge is 0.409 e. The van der Waals surface area contributed by atoms with Gasteiger partial charge in [-0.15, -0.1) is 0 Å². The van der Waals surface area contributed by atoms with Crippen molar-refractivity contribution in [2.24, 2.45) is 0 Å².